The Labute approximate surface area is 107 Å². The van der Waals surface area contributed by atoms with Gasteiger partial charge in [0.25, 0.3) is 0 Å². The summed E-state index contributed by atoms with van der Waals surface area (Å²) in [6.07, 6.45) is 3.45. The number of benzene rings is 1. The van der Waals surface area contributed by atoms with Gasteiger partial charge in [-0.25, -0.2) is 4.98 Å². The van der Waals surface area contributed by atoms with Gasteiger partial charge in [0.1, 0.15) is 5.03 Å². The summed E-state index contributed by atoms with van der Waals surface area (Å²) >= 11 is 5.06. The Morgan fingerprint density at radius 3 is 2.62 bits per heavy atom. The van der Waals surface area contributed by atoms with Crippen LogP contribution in [0.15, 0.2) is 51.1 Å². The van der Waals surface area contributed by atoms with Crippen molar-refractivity contribution in [1.29, 1.82) is 0 Å². The lowest BCUT2D eigenvalue weighted by atomic mass is 10.4. The van der Waals surface area contributed by atoms with Crippen LogP contribution in [0.4, 0.5) is 0 Å². The molecule has 0 bridgehead atoms. The topological polar surface area (TPSA) is 51.8 Å². The average Bonchev–Trinajstić information content (AvgIpc) is 2.33. The first kappa shape index (κ1) is 11.6. The van der Waals surface area contributed by atoms with E-state index in [1.54, 1.807) is 24.2 Å². The molecule has 82 valence electrons. The van der Waals surface area contributed by atoms with Crippen molar-refractivity contribution in [2.75, 3.05) is 0 Å². The van der Waals surface area contributed by atoms with Gasteiger partial charge in [-0.3, -0.25) is 4.98 Å². The molecule has 3 nitrogen and oxygen atoms in total. The molecule has 0 aliphatic carbocycles. The summed E-state index contributed by atoms with van der Waals surface area (Å²) in [4.78, 5) is 9.61. The van der Waals surface area contributed by atoms with Crippen molar-refractivity contribution in [3.63, 3.8) is 0 Å². The first-order valence-corrected chi connectivity index (χ1v) is 6.34. The van der Waals surface area contributed by atoms with E-state index in [1.807, 2.05) is 24.3 Å². The van der Waals surface area contributed by atoms with Crippen molar-refractivity contribution in [3.8, 4) is 0 Å². The average molecular weight is 296 g/mol. The lowest BCUT2D eigenvalue weighted by Crippen LogP contribution is -1.99. The van der Waals surface area contributed by atoms with Crippen LogP contribution in [0.2, 0.25) is 0 Å². The number of rotatable bonds is 3. The van der Waals surface area contributed by atoms with Crippen molar-refractivity contribution >= 4 is 27.7 Å². The predicted molar refractivity (Wildman–Crippen MR) is 68.2 cm³/mol. The highest BCUT2D eigenvalue weighted by Gasteiger charge is 2.02. The number of aromatic nitrogens is 2. The highest BCUT2D eigenvalue weighted by atomic mass is 79.9. The van der Waals surface area contributed by atoms with Gasteiger partial charge < -0.3 is 5.73 Å². The second-order valence-corrected chi connectivity index (χ2v) is 5.00. The highest BCUT2D eigenvalue weighted by Crippen LogP contribution is 2.31. The number of nitrogens with two attached hydrogens (primary N) is 1. The summed E-state index contributed by atoms with van der Waals surface area (Å²) in [6.45, 7) is 0.424. The molecule has 0 unspecified atom stereocenters. The third-order valence-corrected chi connectivity index (χ3v) is 3.89. The predicted octanol–water partition coefficient (Wildman–Crippen LogP) is 2.85. The first-order valence-electron chi connectivity index (χ1n) is 4.73. The van der Waals surface area contributed by atoms with Crippen molar-refractivity contribution < 1.29 is 0 Å². The van der Waals surface area contributed by atoms with Gasteiger partial charge >= 0.3 is 0 Å². The second kappa shape index (κ2) is 5.43. The van der Waals surface area contributed by atoms with E-state index in [9.17, 15) is 0 Å². The summed E-state index contributed by atoms with van der Waals surface area (Å²) in [5.74, 6) is 0. The minimum Gasteiger partial charge on any atom is -0.325 e. The molecule has 5 heteroatoms. The largest absolute Gasteiger partial charge is 0.325 e. The maximum atomic E-state index is 5.46. The van der Waals surface area contributed by atoms with Gasteiger partial charge in [0, 0.05) is 15.9 Å². The lowest BCUT2D eigenvalue weighted by Gasteiger charge is -2.03. The van der Waals surface area contributed by atoms with Crippen LogP contribution in [0.1, 0.15) is 5.69 Å². The smallest absolute Gasteiger partial charge is 0.119 e. The zero-order valence-corrected chi connectivity index (χ0v) is 10.8. The molecule has 0 saturated carbocycles. The molecule has 1 heterocycles. The van der Waals surface area contributed by atoms with E-state index in [1.165, 1.54) is 0 Å². The van der Waals surface area contributed by atoms with E-state index >= 15 is 0 Å². The fraction of sp³-hybridized carbons (Fsp3) is 0.0909. The van der Waals surface area contributed by atoms with Gasteiger partial charge in [0.05, 0.1) is 18.1 Å². The van der Waals surface area contributed by atoms with E-state index in [2.05, 4.69) is 25.9 Å². The van der Waals surface area contributed by atoms with Gasteiger partial charge in [-0.1, -0.05) is 23.9 Å². The molecule has 0 saturated heterocycles. The second-order valence-electron chi connectivity index (χ2n) is 3.08. The van der Waals surface area contributed by atoms with E-state index in [4.69, 9.17) is 5.73 Å². The summed E-state index contributed by atoms with van der Waals surface area (Å²) in [6, 6.07) is 8.02. The first-order chi connectivity index (χ1) is 7.79. The molecular formula is C11H10BrN3S. The summed E-state index contributed by atoms with van der Waals surface area (Å²) in [5, 5.41) is 0.865. The Morgan fingerprint density at radius 2 is 2.00 bits per heavy atom. The molecule has 0 aliphatic rings. The zero-order valence-electron chi connectivity index (χ0n) is 8.43. The summed E-state index contributed by atoms with van der Waals surface area (Å²) in [7, 11) is 0. The SMILES string of the molecule is NCc1cnc(Sc2ccccc2Br)cn1. The van der Waals surface area contributed by atoms with Crippen molar-refractivity contribution in [2.45, 2.75) is 16.5 Å². The molecular weight excluding hydrogens is 286 g/mol. The molecule has 0 fully saturated rings. The van der Waals surface area contributed by atoms with Crippen LogP contribution in [-0.4, -0.2) is 9.97 Å². The van der Waals surface area contributed by atoms with Crippen molar-refractivity contribution in [3.05, 3.63) is 46.8 Å². The van der Waals surface area contributed by atoms with Crippen LogP contribution in [0.25, 0.3) is 0 Å². The molecule has 1 aromatic carbocycles. The number of nitrogens with zero attached hydrogens (tertiary/aromatic N) is 2. The standard InChI is InChI=1S/C11H10BrN3S/c12-9-3-1-2-4-10(9)16-11-7-14-8(5-13)6-15-11/h1-4,6-7H,5,13H2. The van der Waals surface area contributed by atoms with Crippen LogP contribution in [0, 0.1) is 0 Å². The van der Waals surface area contributed by atoms with Crippen LogP contribution < -0.4 is 5.73 Å². The monoisotopic (exact) mass is 295 g/mol. The van der Waals surface area contributed by atoms with Crippen molar-refractivity contribution in [1.82, 2.24) is 9.97 Å². The van der Waals surface area contributed by atoms with E-state index in [0.717, 1.165) is 20.1 Å². The van der Waals surface area contributed by atoms with Crippen LogP contribution in [0.3, 0.4) is 0 Å². The van der Waals surface area contributed by atoms with Gasteiger partial charge in [-0.05, 0) is 28.1 Å². The third kappa shape index (κ3) is 2.81. The fourth-order valence-corrected chi connectivity index (χ4v) is 2.42. The molecule has 0 atom stereocenters. The Morgan fingerprint density at radius 1 is 1.19 bits per heavy atom. The molecule has 2 rings (SSSR count). The molecule has 2 aromatic rings. The van der Waals surface area contributed by atoms with Crippen LogP contribution in [0.5, 0.6) is 0 Å². The van der Waals surface area contributed by atoms with Gasteiger partial charge in [0.15, 0.2) is 0 Å². The maximum absolute atomic E-state index is 5.46. The van der Waals surface area contributed by atoms with Crippen LogP contribution in [-0.2, 0) is 6.54 Å². The Hall–Kier alpha value is -0.910. The molecule has 2 N–H and O–H groups in total. The number of halogens is 1. The normalized spacial score (nSPS) is 10.4. The zero-order chi connectivity index (χ0) is 11.4. The summed E-state index contributed by atoms with van der Waals surface area (Å²) in [5.41, 5.74) is 6.26. The lowest BCUT2D eigenvalue weighted by molar-refractivity contribution is 0.923. The van der Waals surface area contributed by atoms with Gasteiger partial charge in [-0.15, -0.1) is 0 Å². The molecule has 0 radical (unpaired) electrons. The fourth-order valence-electron chi connectivity index (χ4n) is 1.14. The molecule has 0 amide bonds. The molecule has 1 aromatic heterocycles. The highest BCUT2D eigenvalue weighted by molar-refractivity contribution is 9.10. The van der Waals surface area contributed by atoms with Crippen molar-refractivity contribution in [2.24, 2.45) is 5.73 Å². The quantitative estimate of drug-likeness (QED) is 0.946. The minimum atomic E-state index is 0.424. The Kier molecular flexibility index (Phi) is 3.93. The summed E-state index contributed by atoms with van der Waals surface area (Å²) < 4.78 is 1.06. The van der Waals surface area contributed by atoms with E-state index in [-0.39, 0.29) is 0 Å². The van der Waals surface area contributed by atoms with E-state index < -0.39 is 0 Å². The number of hydrogen-bond donors (Lipinski definition) is 1. The van der Waals surface area contributed by atoms with E-state index in [0.29, 0.717) is 6.54 Å². The Balaban J connectivity index is 2.18. The molecule has 16 heavy (non-hydrogen) atoms. The third-order valence-electron chi connectivity index (χ3n) is 1.94. The van der Waals surface area contributed by atoms with Gasteiger partial charge in [-0.2, -0.15) is 0 Å². The molecule has 0 aliphatic heterocycles. The molecule has 0 spiro atoms. The number of hydrogen-bond acceptors (Lipinski definition) is 4. The Bertz CT molecular complexity index is 473. The maximum Gasteiger partial charge on any atom is 0.119 e. The minimum absolute atomic E-state index is 0.424. The van der Waals surface area contributed by atoms with Gasteiger partial charge in [0.2, 0.25) is 0 Å². The van der Waals surface area contributed by atoms with Crippen LogP contribution >= 0.6 is 27.7 Å².